The molecule has 0 aromatic carbocycles. The molecular weight excluding hydrogens is 222 g/mol. The van der Waals surface area contributed by atoms with Gasteiger partial charge in [-0.2, -0.15) is 0 Å². The average Bonchev–Trinajstić information content (AvgIpc) is 2.30. The van der Waals surface area contributed by atoms with E-state index in [2.05, 4.69) is 9.97 Å². The van der Waals surface area contributed by atoms with Crippen molar-refractivity contribution in [2.45, 2.75) is 26.9 Å². The number of hydrogen-bond donors (Lipinski definition) is 1. The van der Waals surface area contributed by atoms with Crippen LogP contribution in [0.4, 0.5) is 5.82 Å². The van der Waals surface area contributed by atoms with E-state index in [0.29, 0.717) is 18.7 Å². The standard InChI is InChI=1S/C10H13N5O2/c1-3-14-8-6(7(11)12-5-13-8)9(16)15(4-2)10(14)17/h5H,3-4H2,1-2H3,(H2,11,12,13). The Morgan fingerprint density at radius 3 is 2.41 bits per heavy atom. The van der Waals surface area contributed by atoms with Crippen molar-refractivity contribution in [3.63, 3.8) is 0 Å². The van der Waals surface area contributed by atoms with Crippen LogP contribution in [-0.2, 0) is 13.1 Å². The molecule has 2 heterocycles. The molecule has 90 valence electrons. The normalized spacial score (nSPS) is 10.9. The number of aryl methyl sites for hydroxylation is 1. The molecule has 0 amide bonds. The Kier molecular flexibility index (Phi) is 2.66. The maximum atomic E-state index is 12.1. The minimum absolute atomic E-state index is 0.101. The van der Waals surface area contributed by atoms with Crippen LogP contribution in [0.15, 0.2) is 15.9 Å². The fourth-order valence-corrected chi connectivity index (χ4v) is 1.82. The van der Waals surface area contributed by atoms with E-state index in [-0.39, 0.29) is 16.9 Å². The molecule has 0 unspecified atom stereocenters. The molecule has 2 rings (SSSR count). The van der Waals surface area contributed by atoms with Crippen molar-refractivity contribution in [1.29, 1.82) is 0 Å². The van der Waals surface area contributed by atoms with Gasteiger partial charge in [-0.3, -0.25) is 13.9 Å². The van der Waals surface area contributed by atoms with Crippen molar-refractivity contribution < 1.29 is 0 Å². The molecule has 0 bridgehead atoms. The third-order valence-corrected chi connectivity index (χ3v) is 2.67. The second-order valence-corrected chi connectivity index (χ2v) is 3.53. The second-order valence-electron chi connectivity index (χ2n) is 3.53. The number of anilines is 1. The van der Waals surface area contributed by atoms with E-state index in [1.165, 1.54) is 10.9 Å². The molecule has 2 N–H and O–H groups in total. The summed E-state index contributed by atoms with van der Waals surface area (Å²) in [7, 11) is 0. The number of aromatic nitrogens is 4. The smallest absolute Gasteiger partial charge is 0.332 e. The minimum atomic E-state index is -0.435. The number of nitrogens with two attached hydrogens (primary N) is 1. The molecule has 2 aromatic rings. The Morgan fingerprint density at radius 1 is 1.18 bits per heavy atom. The highest BCUT2D eigenvalue weighted by atomic mass is 16.2. The van der Waals surface area contributed by atoms with Crippen LogP contribution in [0.5, 0.6) is 0 Å². The molecule has 7 nitrogen and oxygen atoms in total. The average molecular weight is 235 g/mol. The van der Waals surface area contributed by atoms with Gasteiger partial charge in [-0.1, -0.05) is 0 Å². The van der Waals surface area contributed by atoms with Gasteiger partial charge in [0.05, 0.1) is 0 Å². The lowest BCUT2D eigenvalue weighted by atomic mass is 10.3. The first-order chi connectivity index (χ1) is 8.11. The van der Waals surface area contributed by atoms with Crippen molar-refractivity contribution >= 4 is 16.9 Å². The van der Waals surface area contributed by atoms with E-state index in [1.807, 2.05) is 6.92 Å². The number of hydrogen-bond acceptors (Lipinski definition) is 5. The summed E-state index contributed by atoms with van der Waals surface area (Å²) in [6.07, 6.45) is 1.25. The van der Waals surface area contributed by atoms with E-state index in [1.54, 1.807) is 6.92 Å². The predicted molar refractivity (Wildman–Crippen MR) is 63.8 cm³/mol. The van der Waals surface area contributed by atoms with Gasteiger partial charge in [0.25, 0.3) is 5.56 Å². The molecule has 2 aromatic heterocycles. The zero-order chi connectivity index (χ0) is 12.6. The molecular formula is C10H13N5O2. The molecule has 0 radical (unpaired) electrons. The predicted octanol–water partition coefficient (Wildman–Crippen LogP) is -0.425. The van der Waals surface area contributed by atoms with Gasteiger partial charge in [0, 0.05) is 13.1 Å². The molecule has 7 heteroatoms. The van der Waals surface area contributed by atoms with E-state index in [4.69, 9.17) is 5.73 Å². The number of nitrogens with zero attached hydrogens (tertiary/aromatic N) is 4. The molecule has 0 aliphatic heterocycles. The molecule has 0 saturated heterocycles. The van der Waals surface area contributed by atoms with E-state index in [9.17, 15) is 9.59 Å². The summed E-state index contributed by atoms with van der Waals surface area (Å²) >= 11 is 0. The Morgan fingerprint density at radius 2 is 1.82 bits per heavy atom. The van der Waals surface area contributed by atoms with Crippen LogP contribution in [0, 0.1) is 0 Å². The summed E-state index contributed by atoms with van der Waals surface area (Å²) < 4.78 is 2.55. The largest absolute Gasteiger partial charge is 0.383 e. The summed E-state index contributed by atoms with van der Waals surface area (Å²) in [4.78, 5) is 31.8. The van der Waals surface area contributed by atoms with Gasteiger partial charge >= 0.3 is 5.69 Å². The van der Waals surface area contributed by atoms with Crippen molar-refractivity contribution in [2.24, 2.45) is 0 Å². The summed E-state index contributed by atoms with van der Waals surface area (Å²) in [5.41, 5.74) is 5.16. The molecule has 17 heavy (non-hydrogen) atoms. The maximum Gasteiger partial charge on any atom is 0.332 e. The molecule has 0 saturated carbocycles. The van der Waals surface area contributed by atoms with Gasteiger partial charge in [-0.25, -0.2) is 14.8 Å². The fraction of sp³-hybridized carbons (Fsp3) is 0.400. The highest BCUT2D eigenvalue weighted by molar-refractivity contribution is 5.84. The van der Waals surface area contributed by atoms with Gasteiger partial charge in [0.1, 0.15) is 17.5 Å². The molecule has 0 aliphatic carbocycles. The number of nitrogen functional groups attached to an aromatic ring is 1. The van der Waals surface area contributed by atoms with Crippen molar-refractivity contribution in [2.75, 3.05) is 5.73 Å². The molecule has 0 atom stereocenters. The highest BCUT2D eigenvalue weighted by Gasteiger charge is 2.14. The lowest BCUT2D eigenvalue weighted by Crippen LogP contribution is -2.40. The van der Waals surface area contributed by atoms with Gasteiger partial charge in [0.15, 0.2) is 5.65 Å². The molecule has 0 spiro atoms. The Balaban J connectivity index is 3.13. The lowest BCUT2D eigenvalue weighted by Gasteiger charge is -2.10. The third kappa shape index (κ3) is 1.50. The first kappa shape index (κ1) is 11.3. The summed E-state index contributed by atoms with van der Waals surface area (Å²) in [5.74, 6) is 0.101. The molecule has 0 aliphatic rings. The zero-order valence-electron chi connectivity index (χ0n) is 9.67. The monoisotopic (exact) mass is 235 g/mol. The SMILES string of the molecule is CCn1c(=O)c2c(N)ncnc2n(CC)c1=O. The van der Waals surface area contributed by atoms with Crippen LogP contribution in [0.25, 0.3) is 11.0 Å². The van der Waals surface area contributed by atoms with Crippen molar-refractivity contribution in [1.82, 2.24) is 19.1 Å². The van der Waals surface area contributed by atoms with Crippen LogP contribution >= 0.6 is 0 Å². The van der Waals surface area contributed by atoms with Crippen LogP contribution in [0.3, 0.4) is 0 Å². The minimum Gasteiger partial charge on any atom is -0.383 e. The van der Waals surface area contributed by atoms with Crippen LogP contribution in [0.2, 0.25) is 0 Å². The van der Waals surface area contributed by atoms with E-state index >= 15 is 0 Å². The maximum absolute atomic E-state index is 12.1. The lowest BCUT2D eigenvalue weighted by molar-refractivity contribution is 0.604. The van der Waals surface area contributed by atoms with Crippen molar-refractivity contribution in [3.05, 3.63) is 27.2 Å². The van der Waals surface area contributed by atoms with E-state index < -0.39 is 5.56 Å². The van der Waals surface area contributed by atoms with Gasteiger partial charge < -0.3 is 5.73 Å². The Hall–Kier alpha value is -2.18. The topological polar surface area (TPSA) is 95.8 Å². The van der Waals surface area contributed by atoms with Crippen molar-refractivity contribution in [3.8, 4) is 0 Å². The molecule has 0 fully saturated rings. The van der Waals surface area contributed by atoms with E-state index in [0.717, 1.165) is 4.57 Å². The zero-order valence-corrected chi connectivity index (χ0v) is 9.67. The second kappa shape index (κ2) is 4.00. The first-order valence-electron chi connectivity index (χ1n) is 5.35. The van der Waals surface area contributed by atoms with Crippen LogP contribution in [0.1, 0.15) is 13.8 Å². The quantitative estimate of drug-likeness (QED) is 0.762. The van der Waals surface area contributed by atoms with Gasteiger partial charge in [-0.15, -0.1) is 0 Å². The van der Waals surface area contributed by atoms with Crippen LogP contribution in [-0.4, -0.2) is 19.1 Å². The highest BCUT2D eigenvalue weighted by Crippen LogP contribution is 2.09. The summed E-state index contributed by atoms with van der Waals surface area (Å²) in [6, 6.07) is 0. The van der Waals surface area contributed by atoms with Crippen LogP contribution < -0.4 is 17.0 Å². The fourth-order valence-electron chi connectivity index (χ4n) is 1.82. The van der Waals surface area contributed by atoms with Gasteiger partial charge in [-0.05, 0) is 13.8 Å². The number of rotatable bonds is 2. The third-order valence-electron chi connectivity index (χ3n) is 2.67. The Labute approximate surface area is 96.5 Å². The summed E-state index contributed by atoms with van der Waals surface area (Å²) in [6.45, 7) is 4.26. The first-order valence-corrected chi connectivity index (χ1v) is 5.35. The van der Waals surface area contributed by atoms with Gasteiger partial charge in [0.2, 0.25) is 0 Å². The Bertz CT molecular complexity index is 685. The summed E-state index contributed by atoms with van der Waals surface area (Å²) in [5, 5.41) is 0.204. The number of fused-ring (bicyclic) bond motifs is 1.